The minimum Gasteiger partial charge on any atom is -0.307 e. The van der Waals surface area contributed by atoms with Gasteiger partial charge in [-0.05, 0) is 5.56 Å². The molecule has 1 aliphatic rings. The molecule has 0 saturated carbocycles. The molecule has 1 aromatic rings. The Balaban J connectivity index is 2.27. The van der Waals surface area contributed by atoms with Crippen LogP contribution >= 0.6 is 11.8 Å². The SMILES string of the molecule is NN1C=C(c2ccccc2)SC1. The van der Waals surface area contributed by atoms with Crippen molar-refractivity contribution in [2.45, 2.75) is 0 Å². The third-order valence-corrected chi connectivity index (χ3v) is 2.79. The Morgan fingerprint density at radius 2 is 2.00 bits per heavy atom. The van der Waals surface area contributed by atoms with Crippen LogP contribution < -0.4 is 5.84 Å². The van der Waals surface area contributed by atoms with E-state index in [2.05, 4.69) is 12.1 Å². The normalized spacial score (nSPS) is 16.4. The molecule has 0 aliphatic carbocycles. The van der Waals surface area contributed by atoms with E-state index >= 15 is 0 Å². The average molecular weight is 178 g/mol. The Morgan fingerprint density at radius 3 is 2.58 bits per heavy atom. The maximum absolute atomic E-state index is 5.60. The van der Waals surface area contributed by atoms with Gasteiger partial charge in [0, 0.05) is 11.1 Å². The van der Waals surface area contributed by atoms with E-state index < -0.39 is 0 Å². The van der Waals surface area contributed by atoms with E-state index in [1.165, 1.54) is 10.5 Å². The van der Waals surface area contributed by atoms with E-state index in [0.29, 0.717) is 0 Å². The zero-order valence-corrected chi connectivity index (χ0v) is 7.42. The lowest BCUT2D eigenvalue weighted by atomic mass is 10.2. The molecule has 1 heterocycles. The third-order valence-electron chi connectivity index (χ3n) is 1.71. The third kappa shape index (κ3) is 1.47. The maximum atomic E-state index is 5.60. The van der Waals surface area contributed by atoms with Gasteiger partial charge in [0.2, 0.25) is 0 Å². The molecule has 0 spiro atoms. The highest BCUT2D eigenvalue weighted by molar-refractivity contribution is 8.08. The summed E-state index contributed by atoms with van der Waals surface area (Å²) in [6.45, 7) is 0. The zero-order valence-electron chi connectivity index (χ0n) is 6.60. The van der Waals surface area contributed by atoms with E-state index in [0.717, 1.165) is 5.88 Å². The van der Waals surface area contributed by atoms with Gasteiger partial charge in [-0.3, -0.25) is 0 Å². The first-order chi connectivity index (χ1) is 5.86. The Hall–Kier alpha value is -0.930. The Kier molecular flexibility index (Phi) is 2.06. The van der Waals surface area contributed by atoms with Crippen molar-refractivity contribution in [1.82, 2.24) is 5.01 Å². The van der Waals surface area contributed by atoms with Crippen LogP contribution in [0.3, 0.4) is 0 Å². The molecule has 2 nitrogen and oxygen atoms in total. The lowest BCUT2D eigenvalue weighted by Crippen LogP contribution is -2.20. The molecule has 1 aliphatic heterocycles. The number of rotatable bonds is 1. The highest BCUT2D eigenvalue weighted by Gasteiger charge is 2.10. The minimum absolute atomic E-state index is 0.851. The lowest BCUT2D eigenvalue weighted by Gasteiger charge is -2.01. The Bertz CT molecular complexity index is 295. The van der Waals surface area contributed by atoms with Crippen molar-refractivity contribution in [3.05, 3.63) is 42.1 Å². The summed E-state index contributed by atoms with van der Waals surface area (Å²) in [4.78, 5) is 1.25. The summed E-state index contributed by atoms with van der Waals surface area (Å²) >= 11 is 1.77. The molecular weight excluding hydrogens is 168 g/mol. The van der Waals surface area contributed by atoms with Crippen LogP contribution in [0.25, 0.3) is 4.91 Å². The fourth-order valence-corrected chi connectivity index (χ4v) is 2.00. The van der Waals surface area contributed by atoms with E-state index in [1.807, 2.05) is 24.4 Å². The van der Waals surface area contributed by atoms with Crippen LogP contribution in [-0.4, -0.2) is 10.9 Å². The number of nitrogens with two attached hydrogens (primary N) is 1. The van der Waals surface area contributed by atoms with Crippen molar-refractivity contribution < 1.29 is 0 Å². The molecule has 0 saturated heterocycles. The molecule has 2 rings (SSSR count). The van der Waals surface area contributed by atoms with Crippen molar-refractivity contribution in [1.29, 1.82) is 0 Å². The van der Waals surface area contributed by atoms with Crippen molar-refractivity contribution in [2.24, 2.45) is 5.84 Å². The van der Waals surface area contributed by atoms with Gasteiger partial charge in [0.1, 0.15) is 0 Å². The summed E-state index contributed by atoms with van der Waals surface area (Å²) < 4.78 is 0. The van der Waals surface area contributed by atoms with Gasteiger partial charge in [-0.2, -0.15) is 0 Å². The van der Waals surface area contributed by atoms with Crippen molar-refractivity contribution in [3.8, 4) is 0 Å². The van der Waals surface area contributed by atoms with Gasteiger partial charge in [-0.15, -0.1) is 11.8 Å². The molecular formula is C9H10N2S. The fraction of sp³-hybridized carbons (Fsp3) is 0.111. The lowest BCUT2D eigenvalue weighted by molar-refractivity contribution is 0.475. The smallest absolute Gasteiger partial charge is 0.0837 e. The molecule has 0 amide bonds. The van der Waals surface area contributed by atoms with E-state index in [4.69, 9.17) is 5.84 Å². The molecule has 62 valence electrons. The van der Waals surface area contributed by atoms with E-state index in [1.54, 1.807) is 16.8 Å². The molecule has 0 aromatic heterocycles. The second-order valence-electron chi connectivity index (χ2n) is 2.65. The van der Waals surface area contributed by atoms with Crippen LogP contribution in [0, 0.1) is 0 Å². The quantitative estimate of drug-likeness (QED) is 0.666. The summed E-state index contributed by atoms with van der Waals surface area (Å²) in [5, 5.41) is 1.70. The van der Waals surface area contributed by atoms with Gasteiger partial charge >= 0.3 is 0 Å². The van der Waals surface area contributed by atoms with Gasteiger partial charge in [-0.25, -0.2) is 5.84 Å². The van der Waals surface area contributed by atoms with Crippen molar-refractivity contribution in [3.63, 3.8) is 0 Å². The maximum Gasteiger partial charge on any atom is 0.0837 e. The van der Waals surface area contributed by atoms with Crippen LogP contribution in [0.1, 0.15) is 5.56 Å². The zero-order chi connectivity index (χ0) is 8.39. The molecule has 0 atom stereocenters. The van der Waals surface area contributed by atoms with Crippen molar-refractivity contribution >= 4 is 16.7 Å². The highest BCUT2D eigenvalue weighted by Crippen LogP contribution is 2.32. The molecule has 1 aromatic carbocycles. The molecule has 3 heteroatoms. The fourth-order valence-electron chi connectivity index (χ4n) is 1.13. The number of thioether (sulfide) groups is 1. The summed E-state index contributed by atoms with van der Waals surface area (Å²) in [6, 6.07) is 10.3. The van der Waals surface area contributed by atoms with Crippen LogP contribution in [-0.2, 0) is 0 Å². The second kappa shape index (κ2) is 3.21. The summed E-state index contributed by atoms with van der Waals surface area (Å²) in [5.74, 6) is 6.45. The van der Waals surface area contributed by atoms with Crippen LogP contribution in [0.15, 0.2) is 36.5 Å². The second-order valence-corrected chi connectivity index (χ2v) is 3.63. The number of hydrogen-bond acceptors (Lipinski definition) is 3. The van der Waals surface area contributed by atoms with Gasteiger partial charge in [0.15, 0.2) is 0 Å². The first kappa shape index (κ1) is 7.71. The van der Waals surface area contributed by atoms with Crippen molar-refractivity contribution in [2.75, 3.05) is 5.88 Å². The summed E-state index contributed by atoms with van der Waals surface area (Å²) in [6.07, 6.45) is 1.97. The largest absolute Gasteiger partial charge is 0.307 e. The molecule has 0 unspecified atom stereocenters. The minimum atomic E-state index is 0.851. The Morgan fingerprint density at radius 1 is 1.25 bits per heavy atom. The first-order valence-corrected chi connectivity index (χ1v) is 4.76. The van der Waals surface area contributed by atoms with E-state index in [-0.39, 0.29) is 0 Å². The predicted octanol–water partition coefficient (Wildman–Crippen LogP) is 1.86. The number of nitrogens with zero attached hydrogens (tertiary/aromatic N) is 1. The van der Waals surface area contributed by atoms with Gasteiger partial charge in [0.05, 0.1) is 5.88 Å². The molecule has 0 radical (unpaired) electrons. The van der Waals surface area contributed by atoms with E-state index in [9.17, 15) is 0 Å². The highest BCUT2D eigenvalue weighted by atomic mass is 32.2. The van der Waals surface area contributed by atoms with Gasteiger partial charge in [0.25, 0.3) is 0 Å². The Labute approximate surface area is 76.0 Å². The molecule has 0 bridgehead atoms. The molecule has 2 N–H and O–H groups in total. The summed E-state index contributed by atoms with van der Waals surface area (Å²) in [7, 11) is 0. The monoisotopic (exact) mass is 178 g/mol. The molecule has 12 heavy (non-hydrogen) atoms. The predicted molar refractivity (Wildman–Crippen MR) is 52.9 cm³/mol. The van der Waals surface area contributed by atoms with Crippen LogP contribution in [0.4, 0.5) is 0 Å². The summed E-state index contributed by atoms with van der Waals surface area (Å²) in [5.41, 5.74) is 1.25. The van der Waals surface area contributed by atoms with Crippen LogP contribution in [0.5, 0.6) is 0 Å². The van der Waals surface area contributed by atoms with Crippen LogP contribution in [0.2, 0.25) is 0 Å². The topological polar surface area (TPSA) is 29.3 Å². The average Bonchev–Trinajstić information content (AvgIpc) is 2.54. The number of hydrazine groups is 1. The number of hydrogen-bond donors (Lipinski definition) is 1. The first-order valence-electron chi connectivity index (χ1n) is 3.77. The number of benzene rings is 1. The van der Waals surface area contributed by atoms with Gasteiger partial charge < -0.3 is 5.01 Å². The standard InChI is InChI=1S/C9H10N2S/c10-11-6-9(12-7-11)8-4-2-1-3-5-8/h1-6H,7,10H2. The van der Waals surface area contributed by atoms with Gasteiger partial charge in [-0.1, -0.05) is 30.3 Å². The molecule has 0 fully saturated rings.